The van der Waals surface area contributed by atoms with Crippen LogP contribution in [0, 0.1) is 12.3 Å². The summed E-state index contributed by atoms with van der Waals surface area (Å²) in [6.07, 6.45) is 7.27. The average molecular weight is 534 g/mol. The molecule has 0 bridgehead atoms. The molecule has 11 nitrogen and oxygen atoms in total. The van der Waals surface area contributed by atoms with Crippen molar-refractivity contribution in [1.82, 2.24) is 34.4 Å². The summed E-state index contributed by atoms with van der Waals surface area (Å²) >= 11 is 0. The molecule has 0 unspecified atom stereocenters. The van der Waals surface area contributed by atoms with Gasteiger partial charge in [-0.25, -0.2) is 24.5 Å². The number of nitrogens with zero attached hydrogens (tertiary/aromatic N) is 8. The van der Waals surface area contributed by atoms with Gasteiger partial charge < -0.3 is 19.9 Å². The van der Waals surface area contributed by atoms with Crippen molar-refractivity contribution in [1.29, 1.82) is 0 Å². The van der Waals surface area contributed by atoms with Gasteiger partial charge in [0.2, 0.25) is 5.91 Å². The van der Waals surface area contributed by atoms with Crippen LogP contribution in [0.3, 0.4) is 0 Å². The van der Waals surface area contributed by atoms with Crippen LogP contribution in [-0.2, 0) is 4.79 Å². The summed E-state index contributed by atoms with van der Waals surface area (Å²) in [5, 5.41) is 7.53. The molecule has 4 aromatic heterocycles. The van der Waals surface area contributed by atoms with Gasteiger partial charge in [0.1, 0.15) is 35.5 Å². The van der Waals surface area contributed by atoms with E-state index in [-0.39, 0.29) is 11.3 Å². The van der Waals surface area contributed by atoms with Crippen molar-refractivity contribution in [3.8, 4) is 11.5 Å². The molecule has 0 aliphatic carbocycles. The molecular weight excluding hydrogens is 506 g/mol. The quantitative estimate of drug-likeness (QED) is 0.322. The molecule has 2 fully saturated rings. The van der Waals surface area contributed by atoms with Crippen LogP contribution in [0.1, 0.15) is 12.0 Å². The summed E-state index contributed by atoms with van der Waals surface area (Å²) in [7, 11) is 0. The van der Waals surface area contributed by atoms with E-state index in [1.807, 2.05) is 60.5 Å². The fourth-order valence-electron chi connectivity index (χ4n) is 5.60. The number of carbonyl (C=O) groups excluding carboxylic acids is 1. The van der Waals surface area contributed by atoms with Crippen molar-refractivity contribution in [3.05, 3.63) is 79.5 Å². The van der Waals surface area contributed by atoms with E-state index in [0.717, 1.165) is 66.6 Å². The van der Waals surface area contributed by atoms with Crippen molar-refractivity contribution >= 4 is 39.9 Å². The van der Waals surface area contributed by atoms with Crippen molar-refractivity contribution in [3.63, 3.8) is 0 Å². The number of likely N-dealkylation sites (tertiary alicyclic amines) is 1. The number of carbonyl (C=O) groups is 1. The zero-order valence-electron chi connectivity index (χ0n) is 22.0. The van der Waals surface area contributed by atoms with Gasteiger partial charge in [0.15, 0.2) is 11.5 Å². The van der Waals surface area contributed by atoms with Crippen LogP contribution >= 0.6 is 0 Å². The maximum atomic E-state index is 12.0. The Balaban J connectivity index is 1.08. The van der Waals surface area contributed by atoms with Crippen LogP contribution in [0.25, 0.3) is 16.7 Å². The molecule has 2 aliphatic heterocycles. The van der Waals surface area contributed by atoms with Gasteiger partial charge in [-0.1, -0.05) is 6.58 Å². The number of hydrogen-bond acceptors (Lipinski definition) is 9. The first-order valence-electron chi connectivity index (χ1n) is 13.1. The summed E-state index contributed by atoms with van der Waals surface area (Å²) in [4.78, 5) is 34.2. The number of benzene rings is 1. The molecule has 40 heavy (non-hydrogen) atoms. The number of aryl methyl sites for hydroxylation is 1. The highest BCUT2D eigenvalue weighted by Crippen LogP contribution is 2.42. The molecule has 7 rings (SSSR count). The number of aromatic nitrogens is 6. The van der Waals surface area contributed by atoms with Crippen LogP contribution in [0.2, 0.25) is 0 Å². The minimum absolute atomic E-state index is 0.00948. The summed E-state index contributed by atoms with van der Waals surface area (Å²) < 4.78 is 7.80. The summed E-state index contributed by atoms with van der Waals surface area (Å²) in [6.45, 7) is 8.91. The summed E-state index contributed by atoms with van der Waals surface area (Å²) in [5.41, 5.74) is 4.15. The molecule has 1 amide bonds. The molecule has 0 radical (unpaired) electrons. The Morgan fingerprint density at radius 1 is 1.07 bits per heavy atom. The SMILES string of the molecule is C=CC(=O)N1CCC2(C1)CN(c1ccc3ncnc(Nc4ccc(Oc5ccn6ncnc6c5)c(C)c4)c3n1)C2. The normalized spacial score (nSPS) is 15.9. The van der Waals surface area contributed by atoms with Crippen LogP contribution < -0.4 is 15.0 Å². The first kappa shape index (κ1) is 24.0. The third kappa shape index (κ3) is 4.25. The lowest BCUT2D eigenvalue weighted by atomic mass is 9.79. The van der Waals surface area contributed by atoms with Crippen molar-refractivity contribution in [2.45, 2.75) is 13.3 Å². The van der Waals surface area contributed by atoms with Crippen LogP contribution in [0.5, 0.6) is 11.5 Å². The number of anilines is 3. The predicted molar refractivity (Wildman–Crippen MR) is 151 cm³/mol. The molecule has 0 saturated carbocycles. The molecule has 11 heteroatoms. The Morgan fingerprint density at radius 2 is 1.98 bits per heavy atom. The van der Waals surface area contributed by atoms with E-state index in [1.54, 1.807) is 10.8 Å². The highest BCUT2D eigenvalue weighted by molar-refractivity contribution is 5.88. The fourth-order valence-corrected chi connectivity index (χ4v) is 5.60. The number of nitrogens with one attached hydrogen (secondary N) is 1. The molecule has 2 aliphatic rings. The van der Waals surface area contributed by atoms with Crippen molar-refractivity contribution < 1.29 is 9.53 Å². The largest absolute Gasteiger partial charge is 0.457 e. The van der Waals surface area contributed by atoms with E-state index in [0.29, 0.717) is 17.1 Å². The molecule has 0 atom stereocenters. The van der Waals surface area contributed by atoms with Gasteiger partial charge in [-0.2, -0.15) is 5.10 Å². The molecule has 1 spiro atoms. The maximum absolute atomic E-state index is 12.0. The molecule has 2 saturated heterocycles. The van der Waals surface area contributed by atoms with Crippen molar-refractivity contribution in [2.75, 3.05) is 36.4 Å². The number of rotatable bonds is 6. The van der Waals surface area contributed by atoms with Crippen LogP contribution in [0.15, 0.2) is 74.0 Å². The smallest absolute Gasteiger partial charge is 0.245 e. The molecule has 200 valence electrons. The Bertz CT molecular complexity index is 1780. The second-order valence-electron chi connectivity index (χ2n) is 10.5. The lowest BCUT2D eigenvalue weighted by Crippen LogP contribution is -2.58. The van der Waals surface area contributed by atoms with Gasteiger partial charge >= 0.3 is 0 Å². The average Bonchev–Trinajstić information content (AvgIpc) is 3.61. The monoisotopic (exact) mass is 533 g/mol. The Labute approximate surface area is 230 Å². The minimum Gasteiger partial charge on any atom is -0.457 e. The lowest BCUT2D eigenvalue weighted by Gasteiger charge is -2.48. The first-order chi connectivity index (χ1) is 19.5. The van der Waals surface area contributed by atoms with Gasteiger partial charge in [0, 0.05) is 49.5 Å². The second-order valence-corrected chi connectivity index (χ2v) is 10.5. The molecule has 6 heterocycles. The van der Waals surface area contributed by atoms with Gasteiger partial charge in [-0.3, -0.25) is 4.79 Å². The topological polar surface area (TPSA) is 114 Å². The van der Waals surface area contributed by atoms with E-state index < -0.39 is 0 Å². The standard InChI is InChI=1S/C29H27N9O2/c1-3-26(39)36-11-9-29(14-36)15-37(16-29)24-7-5-22-27(35-24)28(32-17-30-22)34-20-4-6-23(19(2)12-20)40-21-8-10-38-25(13-21)31-18-33-38/h3-8,10,12-13,17-18H,1,9,11,14-16H2,2H3,(H,30,32,34). The number of ether oxygens (including phenoxy) is 1. The third-order valence-electron chi connectivity index (χ3n) is 7.69. The fraction of sp³-hybridized carbons (Fsp3) is 0.241. The maximum Gasteiger partial charge on any atom is 0.245 e. The lowest BCUT2D eigenvalue weighted by molar-refractivity contribution is -0.125. The number of fused-ring (bicyclic) bond motifs is 2. The number of hydrogen-bond donors (Lipinski definition) is 1. The Morgan fingerprint density at radius 3 is 2.83 bits per heavy atom. The summed E-state index contributed by atoms with van der Waals surface area (Å²) in [6, 6.07) is 13.6. The molecule has 1 N–H and O–H groups in total. The third-order valence-corrected chi connectivity index (χ3v) is 7.69. The second kappa shape index (κ2) is 9.30. The summed E-state index contributed by atoms with van der Waals surface area (Å²) in [5.74, 6) is 2.96. The number of pyridine rings is 2. The van der Waals surface area contributed by atoms with Crippen LogP contribution in [0.4, 0.5) is 17.3 Å². The van der Waals surface area contributed by atoms with E-state index >= 15 is 0 Å². The van der Waals surface area contributed by atoms with Gasteiger partial charge in [-0.15, -0.1) is 0 Å². The number of amides is 1. The Hall–Kier alpha value is -5.06. The van der Waals surface area contributed by atoms with E-state index in [2.05, 4.69) is 36.8 Å². The predicted octanol–water partition coefficient (Wildman–Crippen LogP) is 4.14. The molecular formula is C29H27N9O2. The van der Waals surface area contributed by atoms with Crippen molar-refractivity contribution in [2.24, 2.45) is 5.41 Å². The zero-order valence-corrected chi connectivity index (χ0v) is 22.0. The molecule has 5 aromatic rings. The minimum atomic E-state index is 0.00948. The van der Waals surface area contributed by atoms with E-state index in [9.17, 15) is 4.79 Å². The van der Waals surface area contributed by atoms with E-state index in [1.165, 1.54) is 12.4 Å². The zero-order chi connectivity index (χ0) is 27.3. The highest BCUT2D eigenvalue weighted by Gasteiger charge is 2.48. The Kier molecular flexibility index (Phi) is 5.58. The molecule has 1 aromatic carbocycles. The highest BCUT2D eigenvalue weighted by atomic mass is 16.5. The van der Waals surface area contributed by atoms with Gasteiger partial charge in [0.05, 0.1) is 5.52 Å². The van der Waals surface area contributed by atoms with Gasteiger partial charge in [0.25, 0.3) is 0 Å². The van der Waals surface area contributed by atoms with Crippen LogP contribution in [-0.4, -0.2) is 66.5 Å². The first-order valence-corrected chi connectivity index (χ1v) is 13.1. The van der Waals surface area contributed by atoms with E-state index in [4.69, 9.17) is 9.72 Å². The van der Waals surface area contributed by atoms with Gasteiger partial charge in [-0.05, 0) is 61.4 Å².